The molecule has 1 aromatic rings. The van der Waals surface area contributed by atoms with Crippen molar-refractivity contribution in [3.8, 4) is 5.75 Å². The SMILES string of the molecule is CCNCc1ccc(OC(F)F)cn1. The maximum atomic E-state index is 11.8. The molecule has 0 atom stereocenters. The second-order valence-electron chi connectivity index (χ2n) is 2.64. The van der Waals surface area contributed by atoms with Crippen molar-refractivity contribution in [3.05, 3.63) is 24.0 Å². The zero-order valence-electron chi connectivity index (χ0n) is 7.84. The molecule has 1 N–H and O–H groups in total. The van der Waals surface area contributed by atoms with Gasteiger partial charge in [-0.05, 0) is 18.7 Å². The maximum absolute atomic E-state index is 11.8. The Labute approximate surface area is 81.1 Å². The highest BCUT2D eigenvalue weighted by Crippen LogP contribution is 2.12. The van der Waals surface area contributed by atoms with Crippen LogP contribution in [0.3, 0.4) is 0 Å². The third-order valence-corrected chi connectivity index (χ3v) is 1.58. The molecular formula is C9H12F2N2O. The van der Waals surface area contributed by atoms with Gasteiger partial charge in [0.25, 0.3) is 0 Å². The van der Waals surface area contributed by atoms with Gasteiger partial charge in [0.2, 0.25) is 0 Å². The monoisotopic (exact) mass is 202 g/mol. The van der Waals surface area contributed by atoms with Gasteiger partial charge in [0, 0.05) is 6.54 Å². The highest BCUT2D eigenvalue weighted by molar-refractivity contribution is 5.19. The van der Waals surface area contributed by atoms with E-state index < -0.39 is 6.61 Å². The highest BCUT2D eigenvalue weighted by Gasteiger charge is 2.03. The smallest absolute Gasteiger partial charge is 0.387 e. The van der Waals surface area contributed by atoms with E-state index in [2.05, 4.69) is 15.0 Å². The van der Waals surface area contributed by atoms with Crippen LogP contribution in [-0.2, 0) is 6.54 Å². The summed E-state index contributed by atoms with van der Waals surface area (Å²) in [6.45, 7) is 0.660. The molecule has 14 heavy (non-hydrogen) atoms. The minimum Gasteiger partial charge on any atom is -0.433 e. The molecule has 1 aromatic heterocycles. The predicted molar refractivity (Wildman–Crippen MR) is 48.2 cm³/mol. The molecule has 3 nitrogen and oxygen atoms in total. The summed E-state index contributed by atoms with van der Waals surface area (Å²) in [7, 11) is 0. The third-order valence-electron chi connectivity index (χ3n) is 1.58. The van der Waals surface area contributed by atoms with Gasteiger partial charge in [0.1, 0.15) is 5.75 Å². The normalized spacial score (nSPS) is 10.6. The van der Waals surface area contributed by atoms with E-state index >= 15 is 0 Å². The van der Waals surface area contributed by atoms with Gasteiger partial charge in [0.15, 0.2) is 0 Å². The molecule has 0 amide bonds. The number of ether oxygens (including phenoxy) is 1. The average Bonchev–Trinajstić information content (AvgIpc) is 2.16. The van der Waals surface area contributed by atoms with Crippen LogP contribution in [0.1, 0.15) is 12.6 Å². The second-order valence-corrected chi connectivity index (χ2v) is 2.64. The lowest BCUT2D eigenvalue weighted by Gasteiger charge is -2.05. The van der Waals surface area contributed by atoms with Crippen LogP contribution in [0.15, 0.2) is 18.3 Å². The summed E-state index contributed by atoms with van der Waals surface area (Å²) in [5.41, 5.74) is 0.800. The van der Waals surface area contributed by atoms with Crippen LogP contribution in [0.5, 0.6) is 5.75 Å². The van der Waals surface area contributed by atoms with E-state index in [-0.39, 0.29) is 5.75 Å². The maximum Gasteiger partial charge on any atom is 0.387 e. The van der Waals surface area contributed by atoms with Gasteiger partial charge in [-0.3, -0.25) is 4.98 Å². The van der Waals surface area contributed by atoms with Crippen molar-refractivity contribution in [1.29, 1.82) is 0 Å². The van der Waals surface area contributed by atoms with Crippen molar-refractivity contribution in [2.45, 2.75) is 20.1 Å². The second kappa shape index (κ2) is 5.49. The van der Waals surface area contributed by atoms with Crippen LogP contribution in [0.4, 0.5) is 8.78 Å². The molecule has 0 fully saturated rings. The molecule has 0 bridgehead atoms. The van der Waals surface area contributed by atoms with Gasteiger partial charge in [-0.2, -0.15) is 8.78 Å². The summed E-state index contributed by atoms with van der Waals surface area (Å²) in [5, 5.41) is 3.07. The minimum absolute atomic E-state index is 0.0836. The summed E-state index contributed by atoms with van der Waals surface area (Å²) < 4.78 is 27.7. The third kappa shape index (κ3) is 3.66. The standard InChI is InChI=1S/C9H12F2N2O/c1-2-12-5-7-3-4-8(6-13-7)14-9(10)11/h3-4,6,9,12H,2,5H2,1H3. The molecule has 0 spiro atoms. The van der Waals surface area contributed by atoms with Crippen LogP contribution in [0, 0.1) is 0 Å². The first-order valence-electron chi connectivity index (χ1n) is 4.33. The Morgan fingerprint density at radius 1 is 1.50 bits per heavy atom. The van der Waals surface area contributed by atoms with Crippen molar-refractivity contribution in [2.24, 2.45) is 0 Å². The van der Waals surface area contributed by atoms with E-state index in [0.29, 0.717) is 6.54 Å². The Bertz CT molecular complexity index is 264. The fourth-order valence-electron chi connectivity index (χ4n) is 0.941. The fourth-order valence-corrected chi connectivity index (χ4v) is 0.941. The van der Waals surface area contributed by atoms with E-state index in [1.165, 1.54) is 12.3 Å². The topological polar surface area (TPSA) is 34.1 Å². The van der Waals surface area contributed by atoms with Gasteiger partial charge in [-0.1, -0.05) is 6.92 Å². The van der Waals surface area contributed by atoms with Gasteiger partial charge in [0.05, 0.1) is 11.9 Å². The van der Waals surface area contributed by atoms with Gasteiger partial charge >= 0.3 is 6.61 Å². The summed E-state index contributed by atoms with van der Waals surface area (Å²) in [5.74, 6) is 0.0836. The molecular weight excluding hydrogens is 190 g/mol. The number of hydrogen-bond acceptors (Lipinski definition) is 3. The lowest BCUT2D eigenvalue weighted by molar-refractivity contribution is -0.0500. The molecule has 0 unspecified atom stereocenters. The van der Waals surface area contributed by atoms with Crippen LogP contribution in [0.2, 0.25) is 0 Å². The van der Waals surface area contributed by atoms with E-state index in [1.54, 1.807) is 6.07 Å². The van der Waals surface area contributed by atoms with Gasteiger partial charge in [-0.25, -0.2) is 0 Å². The van der Waals surface area contributed by atoms with Gasteiger partial charge in [-0.15, -0.1) is 0 Å². The number of nitrogens with zero attached hydrogens (tertiary/aromatic N) is 1. The Balaban J connectivity index is 2.50. The van der Waals surface area contributed by atoms with E-state index in [9.17, 15) is 8.78 Å². The molecule has 1 heterocycles. The van der Waals surface area contributed by atoms with Crippen molar-refractivity contribution in [1.82, 2.24) is 10.3 Å². The molecule has 78 valence electrons. The first-order chi connectivity index (χ1) is 6.72. The summed E-state index contributed by atoms with van der Waals surface area (Å²) in [4.78, 5) is 3.95. The highest BCUT2D eigenvalue weighted by atomic mass is 19.3. The first-order valence-corrected chi connectivity index (χ1v) is 4.33. The Morgan fingerprint density at radius 3 is 2.79 bits per heavy atom. The van der Waals surface area contributed by atoms with Crippen molar-refractivity contribution < 1.29 is 13.5 Å². The Hall–Kier alpha value is -1.23. The molecule has 0 aliphatic heterocycles. The van der Waals surface area contributed by atoms with Crippen LogP contribution < -0.4 is 10.1 Å². The molecule has 0 aromatic carbocycles. The molecule has 0 saturated carbocycles. The Morgan fingerprint density at radius 2 is 2.29 bits per heavy atom. The molecule has 1 rings (SSSR count). The lowest BCUT2D eigenvalue weighted by Crippen LogP contribution is -2.12. The number of alkyl halides is 2. The summed E-state index contributed by atoms with van der Waals surface area (Å²) in [6.07, 6.45) is 1.29. The number of pyridine rings is 1. The first kappa shape index (κ1) is 10.8. The number of aromatic nitrogens is 1. The zero-order chi connectivity index (χ0) is 10.4. The predicted octanol–water partition coefficient (Wildman–Crippen LogP) is 1.79. The molecule has 0 aliphatic rings. The molecule has 0 radical (unpaired) electrons. The van der Waals surface area contributed by atoms with Crippen LogP contribution in [-0.4, -0.2) is 18.1 Å². The number of halogens is 2. The zero-order valence-corrected chi connectivity index (χ0v) is 7.84. The van der Waals surface area contributed by atoms with Crippen molar-refractivity contribution >= 4 is 0 Å². The van der Waals surface area contributed by atoms with Crippen LogP contribution >= 0.6 is 0 Å². The van der Waals surface area contributed by atoms with E-state index in [0.717, 1.165) is 12.2 Å². The van der Waals surface area contributed by atoms with Crippen molar-refractivity contribution in [3.63, 3.8) is 0 Å². The fraction of sp³-hybridized carbons (Fsp3) is 0.444. The lowest BCUT2D eigenvalue weighted by atomic mass is 10.3. The average molecular weight is 202 g/mol. The summed E-state index contributed by atoms with van der Waals surface area (Å²) >= 11 is 0. The van der Waals surface area contributed by atoms with Gasteiger partial charge < -0.3 is 10.1 Å². The number of hydrogen-bond donors (Lipinski definition) is 1. The van der Waals surface area contributed by atoms with Crippen molar-refractivity contribution in [2.75, 3.05) is 6.54 Å². The largest absolute Gasteiger partial charge is 0.433 e. The summed E-state index contributed by atoms with van der Waals surface area (Å²) in [6, 6.07) is 3.13. The Kier molecular flexibility index (Phi) is 4.25. The van der Waals surface area contributed by atoms with Crippen LogP contribution in [0.25, 0.3) is 0 Å². The molecule has 5 heteroatoms. The number of rotatable bonds is 5. The molecule has 0 aliphatic carbocycles. The molecule has 0 saturated heterocycles. The van der Waals surface area contributed by atoms with E-state index in [1.807, 2.05) is 6.92 Å². The number of nitrogens with one attached hydrogen (secondary N) is 1. The quantitative estimate of drug-likeness (QED) is 0.790. The van der Waals surface area contributed by atoms with E-state index in [4.69, 9.17) is 0 Å². The minimum atomic E-state index is -2.79.